The molecule has 1 aromatic heterocycles. The molecule has 0 aromatic carbocycles. The van der Waals surface area contributed by atoms with Crippen LogP contribution in [0.2, 0.25) is 0 Å². The molecule has 20 heavy (non-hydrogen) atoms. The van der Waals surface area contributed by atoms with E-state index in [4.69, 9.17) is 5.11 Å². The quantitative estimate of drug-likeness (QED) is 0.700. The molecular formula is C12H21N3O4S. The van der Waals surface area contributed by atoms with Crippen LogP contribution in [0.3, 0.4) is 0 Å². The predicted octanol–water partition coefficient (Wildman–Crippen LogP) is 1.17. The third-order valence-corrected chi connectivity index (χ3v) is 4.36. The van der Waals surface area contributed by atoms with Gasteiger partial charge in [-0.2, -0.15) is 0 Å². The molecule has 114 valence electrons. The highest BCUT2D eigenvalue weighted by molar-refractivity contribution is 7.89. The molecule has 0 amide bonds. The Balaban J connectivity index is 2.81. The highest BCUT2D eigenvalue weighted by Gasteiger charge is 2.25. The number of rotatable bonds is 7. The molecule has 1 atom stereocenters. The lowest BCUT2D eigenvalue weighted by Crippen LogP contribution is -2.35. The van der Waals surface area contributed by atoms with E-state index in [1.165, 1.54) is 6.20 Å². The number of carbonyl (C=O) groups is 1. The molecule has 0 aliphatic rings. The number of sulfonamides is 1. The highest BCUT2D eigenvalue weighted by Crippen LogP contribution is 2.14. The lowest BCUT2D eigenvalue weighted by molar-refractivity contribution is -0.142. The summed E-state index contributed by atoms with van der Waals surface area (Å²) in [5.74, 6) is -1.29. The van der Waals surface area contributed by atoms with Crippen LogP contribution >= 0.6 is 0 Å². The number of imidazole rings is 1. The lowest BCUT2D eigenvalue weighted by atomic mass is 9.97. The van der Waals surface area contributed by atoms with Crippen LogP contribution in [0.5, 0.6) is 0 Å². The normalized spacial score (nSPS) is 13.9. The van der Waals surface area contributed by atoms with Gasteiger partial charge in [0.15, 0.2) is 5.03 Å². The van der Waals surface area contributed by atoms with Crippen molar-refractivity contribution in [1.29, 1.82) is 0 Å². The van der Waals surface area contributed by atoms with E-state index >= 15 is 0 Å². The Bertz CT molecular complexity index is 563. The Morgan fingerprint density at radius 2 is 2.00 bits per heavy atom. The summed E-state index contributed by atoms with van der Waals surface area (Å²) in [6.07, 6.45) is 1.24. The average Bonchev–Trinajstić information content (AvgIpc) is 2.77. The molecule has 1 unspecified atom stereocenters. The van der Waals surface area contributed by atoms with Crippen molar-refractivity contribution in [2.24, 2.45) is 11.8 Å². The summed E-state index contributed by atoms with van der Waals surface area (Å²) in [7, 11) is -3.77. The number of nitrogens with one attached hydrogen (secondary N) is 2. The van der Waals surface area contributed by atoms with Gasteiger partial charge in [0.2, 0.25) is 0 Å². The van der Waals surface area contributed by atoms with Crippen LogP contribution in [-0.4, -0.2) is 36.0 Å². The summed E-state index contributed by atoms with van der Waals surface area (Å²) >= 11 is 0. The smallest absolute Gasteiger partial charge is 0.308 e. The largest absolute Gasteiger partial charge is 0.481 e. The number of aliphatic carboxylic acids is 1. The van der Waals surface area contributed by atoms with Gasteiger partial charge in [-0.1, -0.05) is 27.7 Å². The molecule has 0 spiro atoms. The molecular weight excluding hydrogens is 282 g/mol. The zero-order valence-electron chi connectivity index (χ0n) is 12.0. The average molecular weight is 303 g/mol. The van der Waals surface area contributed by atoms with Gasteiger partial charge in [0.25, 0.3) is 10.0 Å². The van der Waals surface area contributed by atoms with Crippen molar-refractivity contribution < 1.29 is 18.3 Å². The standard InChI is InChI=1S/C12H21N3O4S/c1-7(2)9(12(16)17)5-14-20(18,19)10-6-13-11(15-10)8(3)4/h6-9,14H,5H2,1-4H3,(H,13,15)(H,16,17). The molecule has 8 heteroatoms. The second-order valence-corrected chi connectivity index (χ2v) is 7.06. The molecule has 0 fully saturated rings. The SMILES string of the molecule is CC(C)c1ncc(S(=O)(=O)NCC(C(=O)O)C(C)C)[nH]1. The summed E-state index contributed by atoms with van der Waals surface area (Å²) in [6, 6.07) is 0. The first-order chi connectivity index (χ1) is 9.15. The number of hydrogen-bond acceptors (Lipinski definition) is 4. The Labute approximate surface area is 118 Å². The number of H-pyrrole nitrogens is 1. The van der Waals surface area contributed by atoms with Crippen molar-refractivity contribution >= 4 is 16.0 Å². The van der Waals surface area contributed by atoms with E-state index in [1.807, 2.05) is 13.8 Å². The first kappa shape index (κ1) is 16.6. The third kappa shape index (κ3) is 4.04. The van der Waals surface area contributed by atoms with E-state index in [2.05, 4.69) is 14.7 Å². The van der Waals surface area contributed by atoms with E-state index in [0.29, 0.717) is 5.82 Å². The fourth-order valence-electron chi connectivity index (χ4n) is 1.63. The number of aromatic amines is 1. The van der Waals surface area contributed by atoms with Crippen LogP contribution in [0.15, 0.2) is 11.2 Å². The van der Waals surface area contributed by atoms with E-state index in [0.717, 1.165) is 0 Å². The van der Waals surface area contributed by atoms with Crippen molar-refractivity contribution in [2.45, 2.75) is 38.6 Å². The topological polar surface area (TPSA) is 112 Å². The molecule has 1 heterocycles. The van der Waals surface area contributed by atoms with E-state index < -0.39 is 21.9 Å². The monoisotopic (exact) mass is 303 g/mol. The fourth-order valence-corrected chi connectivity index (χ4v) is 2.62. The summed E-state index contributed by atoms with van der Waals surface area (Å²) in [5.41, 5.74) is 0. The van der Waals surface area contributed by atoms with Gasteiger partial charge in [0, 0.05) is 12.5 Å². The van der Waals surface area contributed by atoms with Gasteiger partial charge in [-0.3, -0.25) is 4.79 Å². The van der Waals surface area contributed by atoms with Crippen molar-refractivity contribution in [2.75, 3.05) is 6.54 Å². The third-order valence-electron chi connectivity index (χ3n) is 3.02. The number of aromatic nitrogens is 2. The minimum absolute atomic E-state index is 0.0471. The molecule has 0 aliphatic carbocycles. The molecule has 0 saturated heterocycles. The second-order valence-electron chi connectivity index (χ2n) is 5.33. The van der Waals surface area contributed by atoms with E-state index in [-0.39, 0.29) is 23.4 Å². The number of carboxylic acid groups (broad SMARTS) is 1. The maximum absolute atomic E-state index is 12.0. The molecule has 0 radical (unpaired) electrons. The Kier molecular flexibility index (Phi) is 5.29. The molecule has 0 bridgehead atoms. The van der Waals surface area contributed by atoms with Crippen LogP contribution in [0.25, 0.3) is 0 Å². The molecule has 7 nitrogen and oxygen atoms in total. The Morgan fingerprint density at radius 3 is 2.40 bits per heavy atom. The van der Waals surface area contributed by atoms with Crippen molar-refractivity contribution in [3.63, 3.8) is 0 Å². The van der Waals surface area contributed by atoms with Gasteiger partial charge >= 0.3 is 5.97 Å². The highest BCUT2D eigenvalue weighted by atomic mass is 32.2. The van der Waals surface area contributed by atoms with E-state index in [1.54, 1.807) is 13.8 Å². The van der Waals surface area contributed by atoms with Crippen LogP contribution in [0, 0.1) is 11.8 Å². The molecule has 1 rings (SSSR count). The molecule has 0 saturated carbocycles. The first-order valence-corrected chi connectivity index (χ1v) is 7.90. The van der Waals surface area contributed by atoms with Gasteiger partial charge < -0.3 is 10.1 Å². The first-order valence-electron chi connectivity index (χ1n) is 6.42. The van der Waals surface area contributed by atoms with Crippen molar-refractivity contribution in [3.05, 3.63) is 12.0 Å². The summed E-state index contributed by atoms with van der Waals surface area (Å²) < 4.78 is 26.4. The molecule has 3 N–H and O–H groups in total. The van der Waals surface area contributed by atoms with Gasteiger partial charge in [-0.15, -0.1) is 0 Å². The fraction of sp³-hybridized carbons (Fsp3) is 0.667. The van der Waals surface area contributed by atoms with Gasteiger partial charge in [-0.25, -0.2) is 18.1 Å². The second kappa shape index (κ2) is 6.36. The van der Waals surface area contributed by atoms with Crippen molar-refractivity contribution in [1.82, 2.24) is 14.7 Å². The number of carboxylic acids is 1. The van der Waals surface area contributed by atoms with Gasteiger partial charge in [0.05, 0.1) is 12.1 Å². The maximum Gasteiger partial charge on any atom is 0.308 e. The van der Waals surface area contributed by atoms with Crippen molar-refractivity contribution in [3.8, 4) is 0 Å². The number of nitrogens with zero attached hydrogens (tertiary/aromatic N) is 1. The Hall–Kier alpha value is -1.41. The zero-order chi connectivity index (χ0) is 15.5. The molecule has 0 aliphatic heterocycles. The minimum Gasteiger partial charge on any atom is -0.481 e. The van der Waals surface area contributed by atoms with Gasteiger partial charge in [-0.05, 0) is 5.92 Å². The predicted molar refractivity (Wildman–Crippen MR) is 73.8 cm³/mol. The number of hydrogen-bond donors (Lipinski definition) is 3. The lowest BCUT2D eigenvalue weighted by Gasteiger charge is -2.16. The maximum atomic E-state index is 12.0. The van der Waals surface area contributed by atoms with E-state index in [9.17, 15) is 13.2 Å². The summed E-state index contributed by atoms with van der Waals surface area (Å²) in [5, 5.41) is 8.99. The minimum atomic E-state index is -3.77. The van der Waals surface area contributed by atoms with Gasteiger partial charge in [0.1, 0.15) is 5.82 Å². The van der Waals surface area contributed by atoms with Crippen LogP contribution in [-0.2, 0) is 14.8 Å². The van der Waals surface area contributed by atoms with Crippen LogP contribution in [0.1, 0.15) is 39.4 Å². The Morgan fingerprint density at radius 1 is 1.40 bits per heavy atom. The van der Waals surface area contributed by atoms with Crippen LogP contribution < -0.4 is 4.72 Å². The summed E-state index contributed by atoms with van der Waals surface area (Å²) in [6.45, 7) is 7.11. The molecule has 1 aromatic rings. The summed E-state index contributed by atoms with van der Waals surface area (Å²) in [4.78, 5) is 17.7. The zero-order valence-corrected chi connectivity index (χ0v) is 12.9. The van der Waals surface area contributed by atoms with Crippen LogP contribution in [0.4, 0.5) is 0 Å².